The molecule has 21 heavy (non-hydrogen) atoms. The molecule has 0 spiro atoms. The van der Waals surface area contributed by atoms with Crippen molar-refractivity contribution in [1.82, 2.24) is 5.32 Å². The highest BCUT2D eigenvalue weighted by molar-refractivity contribution is 5.37. The molecule has 1 aromatic carbocycles. The molecule has 1 N–H and O–H groups in total. The summed E-state index contributed by atoms with van der Waals surface area (Å²) in [6, 6.07) is 8.97. The second-order valence-electron chi connectivity index (χ2n) is 7.01. The van der Waals surface area contributed by atoms with Gasteiger partial charge in [0.1, 0.15) is 5.75 Å². The normalized spacial score (nSPS) is 32.3. The van der Waals surface area contributed by atoms with Crippen LogP contribution in [0, 0.1) is 17.8 Å². The lowest BCUT2D eigenvalue weighted by molar-refractivity contribution is 0.177. The van der Waals surface area contributed by atoms with E-state index >= 15 is 0 Å². The number of hydrogen-bond acceptors (Lipinski definition) is 2. The molecule has 1 fully saturated rings. The maximum atomic E-state index is 5.85. The van der Waals surface area contributed by atoms with E-state index in [0.717, 1.165) is 24.2 Å². The maximum absolute atomic E-state index is 5.85. The average Bonchev–Trinajstić information content (AvgIpc) is 2.54. The van der Waals surface area contributed by atoms with Gasteiger partial charge in [-0.05, 0) is 37.3 Å². The molecule has 0 amide bonds. The van der Waals surface area contributed by atoms with Crippen LogP contribution in [0.15, 0.2) is 24.3 Å². The fourth-order valence-corrected chi connectivity index (χ4v) is 3.94. The van der Waals surface area contributed by atoms with Crippen LogP contribution in [0.25, 0.3) is 0 Å². The topological polar surface area (TPSA) is 21.3 Å². The fraction of sp³-hybridized carbons (Fsp3) is 0.684. The molecule has 0 radical (unpaired) electrons. The molecule has 0 saturated heterocycles. The number of nitrogens with one attached hydrogen (secondary N) is 1. The van der Waals surface area contributed by atoms with Gasteiger partial charge in [-0.3, -0.25) is 0 Å². The van der Waals surface area contributed by atoms with Gasteiger partial charge in [0.15, 0.2) is 0 Å². The van der Waals surface area contributed by atoms with Gasteiger partial charge >= 0.3 is 0 Å². The van der Waals surface area contributed by atoms with Gasteiger partial charge in [0.25, 0.3) is 0 Å². The molecule has 1 aliphatic carbocycles. The zero-order valence-corrected chi connectivity index (χ0v) is 13.5. The second-order valence-corrected chi connectivity index (χ2v) is 7.01. The highest BCUT2D eigenvalue weighted by Gasteiger charge is 2.28. The first-order valence-electron chi connectivity index (χ1n) is 8.73. The molecule has 1 saturated carbocycles. The maximum Gasteiger partial charge on any atom is 0.124 e. The lowest BCUT2D eigenvalue weighted by atomic mass is 9.80. The summed E-state index contributed by atoms with van der Waals surface area (Å²) in [6.07, 6.45) is 7.05. The number of para-hydroxylation sites is 1. The zero-order valence-electron chi connectivity index (χ0n) is 13.5. The van der Waals surface area contributed by atoms with E-state index in [1.807, 2.05) is 0 Å². The molecular weight excluding hydrogens is 258 g/mol. The van der Waals surface area contributed by atoms with Crippen LogP contribution in [0.3, 0.4) is 0 Å². The Hall–Kier alpha value is -1.02. The molecule has 1 aromatic rings. The fourth-order valence-electron chi connectivity index (χ4n) is 3.94. The van der Waals surface area contributed by atoms with E-state index in [-0.39, 0.29) is 0 Å². The lowest BCUT2D eigenvalue weighted by Crippen LogP contribution is -2.37. The highest BCUT2D eigenvalue weighted by Crippen LogP contribution is 2.36. The summed E-state index contributed by atoms with van der Waals surface area (Å²) in [5.74, 6) is 3.48. The molecule has 0 aromatic heterocycles. The summed E-state index contributed by atoms with van der Waals surface area (Å²) in [4.78, 5) is 0. The van der Waals surface area contributed by atoms with Crippen molar-refractivity contribution in [2.45, 2.75) is 52.0 Å². The Bertz CT molecular complexity index is 451. The van der Waals surface area contributed by atoms with Gasteiger partial charge in [-0.1, -0.05) is 51.3 Å². The predicted molar refractivity (Wildman–Crippen MR) is 87.6 cm³/mol. The molecule has 3 rings (SSSR count). The van der Waals surface area contributed by atoms with Crippen LogP contribution in [-0.4, -0.2) is 13.2 Å². The Morgan fingerprint density at radius 1 is 1.10 bits per heavy atom. The van der Waals surface area contributed by atoms with Gasteiger partial charge in [-0.25, -0.2) is 0 Å². The lowest BCUT2D eigenvalue weighted by Gasteiger charge is -2.34. The van der Waals surface area contributed by atoms with Crippen LogP contribution in [0.4, 0.5) is 0 Å². The standard InChI is InChI=1S/C19H29NO/c1-3-15-8-10-16(11-9-15)12-20-19-14(2)13-21-18-7-5-4-6-17(18)19/h4-7,14-16,19-20H,3,8-13H2,1-2H3. The first-order chi connectivity index (χ1) is 10.3. The summed E-state index contributed by atoms with van der Waals surface area (Å²) in [7, 11) is 0. The molecule has 116 valence electrons. The monoisotopic (exact) mass is 287 g/mol. The van der Waals surface area contributed by atoms with E-state index in [4.69, 9.17) is 4.74 Å². The van der Waals surface area contributed by atoms with Crippen molar-refractivity contribution in [3.63, 3.8) is 0 Å². The van der Waals surface area contributed by atoms with E-state index in [1.165, 1.54) is 44.2 Å². The van der Waals surface area contributed by atoms with E-state index in [1.54, 1.807) is 0 Å². The van der Waals surface area contributed by atoms with E-state index in [0.29, 0.717) is 12.0 Å². The smallest absolute Gasteiger partial charge is 0.124 e. The third-order valence-electron chi connectivity index (χ3n) is 5.49. The van der Waals surface area contributed by atoms with Gasteiger partial charge in [0.2, 0.25) is 0 Å². The minimum absolute atomic E-state index is 0.457. The largest absolute Gasteiger partial charge is 0.493 e. The summed E-state index contributed by atoms with van der Waals surface area (Å²) >= 11 is 0. The third kappa shape index (κ3) is 3.42. The van der Waals surface area contributed by atoms with Gasteiger partial charge in [-0.15, -0.1) is 0 Å². The molecule has 2 heteroatoms. The number of benzene rings is 1. The summed E-state index contributed by atoms with van der Waals surface area (Å²) in [6.45, 7) is 6.63. The Balaban J connectivity index is 1.58. The van der Waals surface area contributed by atoms with Crippen molar-refractivity contribution in [2.75, 3.05) is 13.2 Å². The van der Waals surface area contributed by atoms with Crippen molar-refractivity contribution in [3.05, 3.63) is 29.8 Å². The van der Waals surface area contributed by atoms with Crippen LogP contribution < -0.4 is 10.1 Å². The van der Waals surface area contributed by atoms with Crippen LogP contribution in [-0.2, 0) is 0 Å². The SMILES string of the molecule is CCC1CCC(CNC2c3ccccc3OCC2C)CC1. The minimum atomic E-state index is 0.457. The molecule has 1 heterocycles. The van der Waals surface area contributed by atoms with Crippen molar-refractivity contribution in [2.24, 2.45) is 17.8 Å². The molecule has 0 bridgehead atoms. The van der Waals surface area contributed by atoms with Crippen LogP contribution in [0.2, 0.25) is 0 Å². The second kappa shape index (κ2) is 6.83. The number of ether oxygens (including phenoxy) is 1. The van der Waals surface area contributed by atoms with Crippen molar-refractivity contribution in [3.8, 4) is 5.75 Å². The van der Waals surface area contributed by atoms with Crippen LogP contribution in [0.1, 0.15) is 57.6 Å². The Morgan fingerprint density at radius 2 is 1.81 bits per heavy atom. The summed E-state index contributed by atoms with van der Waals surface area (Å²) in [5.41, 5.74) is 1.35. The molecule has 1 aliphatic heterocycles. The van der Waals surface area contributed by atoms with E-state index < -0.39 is 0 Å². The number of rotatable bonds is 4. The van der Waals surface area contributed by atoms with Crippen molar-refractivity contribution < 1.29 is 4.74 Å². The number of fused-ring (bicyclic) bond motifs is 1. The first kappa shape index (κ1) is 14.9. The molecule has 2 atom stereocenters. The van der Waals surface area contributed by atoms with E-state index in [9.17, 15) is 0 Å². The molecular formula is C19H29NO. The van der Waals surface area contributed by atoms with Gasteiger partial charge < -0.3 is 10.1 Å². The number of hydrogen-bond donors (Lipinski definition) is 1. The van der Waals surface area contributed by atoms with Gasteiger partial charge in [-0.2, -0.15) is 0 Å². The van der Waals surface area contributed by atoms with Gasteiger partial charge in [0.05, 0.1) is 6.61 Å². The van der Waals surface area contributed by atoms with Crippen LogP contribution in [0.5, 0.6) is 5.75 Å². The minimum Gasteiger partial charge on any atom is -0.493 e. The highest BCUT2D eigenvalue weighted by atomic mass is 16.5. The van der Waals surface area contributed by atoms with Crippen LogP contribution >= 0.6 is 0 Å². The Labute approximate surface area is 129 Å². The first-order valence-corrected chi connectivity index (χ1v) is 8.73. The van der Waals surface area contributed by atoms with E-state index in [2.05, 4.69) is 43.4 Å². The summed E-state index contributed by atoms with van der Waals surface area (Å²) < 4.78 is 5.85. The Morgan fingerprint density at radius 3 is 2.57 bits per heavy atom. The molecule has 2 nitrogen and oxygen atoms in total. The molecule has 2 aliphatic rings. The van der Waals surface area contributed by atoms with Crippen molar-refractivity contribution in [1.29, 1.82) is 0 Å². The third-order valence-corrected chi connectivity index (χ3v) is 5.49. The molecule has 2 unspecified atom stereocenters. The Kier molecular flexibility index (Phi) is 4.84. The zero-order chi connectivity index (χ0) is 14.7. The van der Waals surface area contributed by atoms with Gasteiger partial charge in [0, 0.05) is 17.5 Å². The quantitative estimate of drug-likeness (QED) is 0.876. The predicted octanol–water partition coefficient (Wildman–Crippen LogP) is 4.56. The summed E-state index contributed by atoms with van der Waals surface area (Å²) in [5, 5.41) is 3.85. The average molecular weight is 287 g/mol. The van der Waals surface area contributed by atoms with Crippen molar-refractivity contribution >= 4 is 0 Å².